The number of nitrogens with zero attached hydrogens (tertiary/aromatic N) is 3. The van der Waals surface area contributed by atoms with Gasteiger partial charge in [-0.15, -0.1) is 0 Å². The van der Waals surface area contributed by atoms with Crippen LogP contribution in [-0.2, 0) is 18.3 Å². The summed E-state index contributed by atoms with van der Waals surface area (Å²) >= 11 is 0. The highest BCUT2D eigenvalue weighted by Gasteiger charge is 2.35. The van der Waals surface area contributed by atoms with Gasteiger partial charge in [0.05, 0.1) is 5.69 Å². The number of halogens is 1. The molecular formula is C22H29FN4O3. The molecule has 2 N–H and O–H groups in total. The zero-order chi connectivity index (χ0) is 21.8. The van der Waals surface area contributed by atoms with Crippen LogP contribution in [0.2, 0.25) is 0 Å². The first kappa shape index (κ1) is 21.8. The number of carbonyl (C=O) groups excluding carboxylic acids is 2. The topological polar surface area (TPSA) is 90.5 Å². The fraction of sp³-hybridized carbons (Fsp3) is 0.500. The summed E-state index contributed by atoms with van der Waals surface area (Å²) in [5, 5.41) is 4.45. The van der Waals surface area contributed by atoms with E-state index in [-0.39, 0.29) is 30.2 Å². The van der Waals surface area contributed by atoms with Gasteiger partial charge in [0.25, 0.3) is 5.91 Å². The van der Waals surface area contributed by atoms with Crippen LogP contribution in [0.4, 0.5) is 4.39 Å². The highest BCUT2D eigenvalue weighted by atomic mass is 19.1. The Hall–Kier alpha value is -2.90. The number of primary amides is 1. The van der Waals surface area contributed by atoms with E-state index in [0.717, 1.165) is 12.1 Å². The van der Waals surface area contributed by atoms with Gasteiger partial charge in [0.15, 0.2) is 0 Å². The van der Waals surface area contributed by atoms with Crippen LogP contribution < -0.4 is 10.5 Å². The van der Waals surface area contributed by atoms with Crippen molar-refractivity contribution < 1.29 is 18.7 Å². The van der Waals surface area contributed by atoms with Gasteiger partial charge in [-0.1, -0.05) is 13.8 Å². The summed E-state index contributed by atoms with van der Waals surface area (Å²) in [4.78, 5) is 26.5. The maximum atomic E-state index is 13.2. The molecule has 30 heavy (non-hydrogen) atoms. The SMILES string of the molecule is CC(C)Cc1cc(C(=O)N2CC[C@H](Oc3ccc(F)cc3)[C@@H](CC(N)=O)C2)n(C)n1. The highest BCUT2D eigenvalue weighted by molar-refractivity contribution is 5.92. The molecule has 162 valence electrons. The van der Waals surface area contributed by atoms with Gasteiger partial charge in [-0.3, -0.25) is 14.3 Å². The Bertz CT molecular complexity index is 894. The van der Waals surface area contributed by atoms with E-state index in [9.17, 15) is 14.0 Å². The molecule has 0 aliphatic carbocycles. The van der Waals surface area contributed by atoms with Crippen LogP contribution in [-0.4, -0.2) is 45.7 Å². The number of aryl methyl sites for hydroxylation is 1. The molecule has 2 amide bonds. The van der Waals surface area contributed by atoms with E-state index in [1.165, 1.54) is 12.1 Å². The molecule has 7 nitrogen and oxygen atoms in total. The van der Waals surface area contributed by atoms with Crippen molar-refractivity contribution in [2.75, 3.05) is 13.1 Å². The third kappa shape index (κ3) is 5.37. The summed E-state index contributed by atoms with van der Waals surface area (Å²) in [7, 11) is 1.77. The molecule has 1 saturated heterocycles. The number of hydrogen-bond donors (Lipinski definition) is 1. The largest absolute Gasteiger partial charge is 0.490 e. The van der Waals surface area contributed by atoms with E-state index in [1.807, 2.05) is 6.07 Å². The molecule has 1 aromatic heterocycles. The maximum absolute atomic E-state index is 13.2. The van der Waals surface area contributed by atoms with Crippen molar-refractivity contribution in [3.05, 3.63) is 47.5 Å². The first-order valence-corrected chi connectivity index (χ1v) is 10.3. The molecule has 1 aliphatic rings. The number of aromatic nitrogens is 2. The molecule has 0 radical (unpaired) electrons. The van der Waals surface area contributed by atoms with Crippen LogP contribution >= 0.6 is 0 Å². The Morgan fingerprint density at radius 2 is 2.00 bits per heavy atom. The zero-order valence-corrected chi connectivity index (χ0v) is 17.7. The molecule has 1 aromatic carbocycles. The van der Waals surface area contributed by atoms with Gasteiger partial charge >= 0.3 is 0 Å². The molecule has 0 saturated carbocycles. The van der Waals surface area contributed by atoms with E-state index in [1.54, 1.807) is 28.8 Å². The van der Waals surface area contributed by atoms with Gasteiger partial charge < -0.3 is 15.4 Å². The lowest BCUT2D eigenvalue weighted by molar-refractivity contribution is -0.120. The van der Waals surface area contributed by atoms with Gasteiger partial charge in [-0.05, 0) is 42.7 Å². The van der Waals surface area contributed by atoms with Gasteiger partial charge in [-0.2, -0.15) is 5.10 Å². The zero-order valence-electron chi connectivity index (χ0n) is 17.7. The second kappa shape index (κ2) is 9.28. The minimum absolute atomic E-state index is 0.111. The predicted octanol–water partition coefficient (Wildman–Crippen LogP) is 2.54. The number of hydrogen-bond acceptors (Lipinski definition) is 4. The third-order valence-corrected chi connectivity index (χ3v) is 5.28. The molecule has 8 heteroatoms. The number of nitrogens with two attached hydrogens (primary N) is 1. The van der Waals surface area contributed by atoms with Crippen LogP contribution in [0.15, 0.2) is 30.3 Å². The smallest absolute Gasteiger partial charge is 0.272 e. The molecule has 2 heterocycles. The van der Waals surface area contributed by atoms with E-state index in [2.05, 4.69) is 18.9 Å². The summed E-state index contributed by atoms with van der Waals surface area (Å²) in [6, 6.07) is 7.61. The minimum atomic E-state index is -0.443. The fourth-order valence-electron chi connectivity index (χ4n) is 3.90. The molecule has 0 unspecified atom stereocenters. The van der Waals surface area contributed by atoms with Crippen LogP contribution in [0.5, 0.6) is 5.75 Å². The molecule has 2 aromatic rings. The Balaban J connectivity index is 1.72. The first-order chi connectivity index (χ1) is 14.2. The first-order valence-electron chi connectivity index (χ1n) is 10.3. The van der Waals surface area contributed by atoms with Crippen molar-refractivity contribution in [2.45, 2.75) is 39.2 Å². The van der Waals surface area contributed by atoms with Crippen LogP contribution in [0.3, 0.4) is 0 Å². The van der Waals surface area contributed by atoms with Gasteiger partial charge in [0.2, 0.25) is 5.91 Å². The predicted molar refractivity (Wildman–Crippen MR) is 110 cm³/mol. The summed E-state index contributed by atoms with van der Waals surface area (Å²) in [5.74, 6) is -0.169. The van der Waals surface area contributed by atoms with Crippen molar-refractivity contribution in [3.8, 4) is 5.75 Å². The average molecular weight is 416 g/mol. The number of ether oxygens (including phenoxy) is 1. The quantitative estimate of drug-likeness (QED) is 0.751. The van der Waals surface area contributed by atoms with Gasteiger partial charge in [0, 0.05) is 38.9 Å². The van der Waals surface area contributed by atoms with E-state index in [0.29, 0.717) is 36.9 Å². The molecule has 1 aliphatic heterocycles. The molecule has 0 bridgehead atoms. The van der Waals surface area contributed by atoms with Crippen LogP contribution in [0, 0.1) is 17.7 Å². The lowest BCUT2D eigenvalue weighted by Gasteiger charge is -2.38. The molecular weight excluding hydrogens is 387 g/mol. The number of benzene rings is 1. The fourth-order valence-corrected chi connectivity index (χ4v) is 3.90. The summed E-state index contributed by atoms with van der Waals surface area (Å²) < 4.78 is 20.8. The maximum Gasteiger partial charge on any atom is 0.272 e. The lowest BCUT2D eigenvalue weighted by Crippen LogP contribution is -2.49. The summed E-state index contributed by atoms with van der Waals surface area (Å²) in [6.07, 6.45) is 1.19. The van der Waals surface area contributed by atoms with Crippen molar-refractivity contribution in [1.29, 1.82) is 0 Å². The van der Waals surface area contributed by atoms with Gasteiger partial charge in [0.1, 0.15) is 23.4 Å². The van der Waals surface area contributed by atoms with E-state index < -0.39 is 5.91 Å². The van der Waals surface area contributed by atoms with Crippen molar-refractivity contribution in [1.82, 2.24) is 14.7 Å². The van der Waals surface area contributed by atoms with Crippen molar-refractivity contribution in [3.63, 3.8) is 0 Å². The summed E-state index contributed by atoms with van der Waals surface area (Å²) in [6.45, 7) is 5.07. The van der Waals surface area contributed by atoms with Crippen molar-refractivity contribution in [2.24, 2.45) is 24.6 Å². The Morgan fingerprint density at radius 1 is 1.30 bits per heavy atom. The van der Waals surface area contributed by atoms with E-state index in [4.69, 9.17) is 10.5 Å². The molecule has 2 atom stereocenters. The Kier molecular flexibility index (Phi) is 6.74. The Labute approximate surface area is 176 Å². The number of piperidine rings is 1. The average Bonchev–Trinajstić information content (AvgIpc) is 3.03. The van der Waals surface area contributed by atoms with Gasteiger partial charge in [-0.25, -0.2) is 4.39 Å². The number of rotatable bonds is 7. The normalized spacial score (nSPS) is 19.2. The number of carbonyl (C=O) groups is 2. The molecule has 0 spiro atoms. The number of likely N-dealkylation sites (tertiary alicyclic amines) is 1. The second-order valence-electron chi connectivity index (χ2n) is 8.32. The minimum Gasteiger partial charge on any atom is -0.490 e. The van der Waals surface area contributed by atoms with Crippen LogP contribution in [0.1, 0.15) is 42.9 Å². The Morgan fingerprint density at radius 3 is 2.63 bits per heavy atom. The van der Waals surface area contributed by atoms with Crippen LogP contribution in [0.25, 0.3) is 0 Å². The van der Waals surface area contributed by atoms with E-state index >= 15 is 0 Å². The summed E-state index contributed by atoms with van der Waals surface area (Å²) in [5.41, 5.74) is 6.86. The van der Waals surface area contributed by atoms with Crippen molar-refractivity contribution >= 4 is 11.8 Å². The molecule has 3 rings (SSSR count). The second-order valence-corrected chi connectivity index (χ2v) is 8.32. The lowest BCUT2D eigenvalue weighted by atomic mass is 9.91. The third-order valence-electron chi connectivity index (χ3n) is 5.28. The molecule has 1 fully saturated rings. The monoisotopic (exact) mass is 416 g/mol. The standard InChI is InChI=1S/C22H29FN4O3/c1-14(2)10-17-12-19(26(3)25-17)22(29)27-9-8-20(15(13-27)11-21(24)28)30-18-6-4-16(23)5-7-18/h4-7,12,14-15,20H,8-11,13H2,1-3H3,(H2,24,28)/t15-,20-/m0/s1. The number of amides is 2. The highest BCUT2D eigenvalue weighted by Crippen LogP contribution is 2.27.